The molecule has 3 N–H and O–H groups in total. The Labute approximate surface area is 96.6 Å². The summed E-state index contributed by atoms with van der Waals surface area (Å²) in [5, 5.41) is 4.39. The molecule has 0 unspecified atom stereocenters. The van der Waals surface area contributed by atoms with Gasteiger partial charge >= 0.3 is 0 Å². The molecule has 5 heteroatoms. The molecule has 1 aromatic rings. The minimum absolute atomic E-state index is 0.933. The van der Waals surface area contributed by atoms with E-state index < -0.39 is 0 Å². The number of nitrogens with two attached hydrogens (primary N) is 1. The van der Waals surface area contributed by atoms with Crippen molar-refractivity contribution in [2.45, 2.75) is 32.7 Å². The van der Waals surface area contributed by atoms with Gasteiger partial charge in [-0.1, -0.05) is 6.42 Å². The van der Waals surface area contributed by atoms with E-state index in [1.54, 1.807) is 0 Å². The summed E-state index contributed by atoms with van der Waals surface area (Å²) in [4.78, 5) is 2.48. The first kappa shape index (κ1) is 11.4. The molecule has 1 saturated heterocycles. The number of aromatic nitrogens is 2. The number of aryl methyl sites for hydroxylation is 2. The number of hydrogen-bond donors (Lipinski definition) is 2. The predicted molar refractivity (Wildman–Crippen MR) is 64.9 cm³/mol. The van der Waals surface area contributed by atoms with E-state index in [4.69, 9.17) is 5.84 Å². The van der Waals surface area contributed by atoms with Crippen molar-refractivity contribution in [1.29, 1.82) is 0 Å². The summed E-state index contributed by atoms with van der Waals surface area (Å²) in [6.45, 7) is 5.38. The van der Waals surface area contributed by atoms with Crippen LogP contribution in [0.15, 0.2) is 0 Å². The Morgan fingerprint density at radius 3 is 2.62 bits per heavy atom. The fourth-order valence-electron chi connectivity index (χ4n) is 2.41. The molecule has 90 valence electrons. The number of piperidine rings is 1. The van der Waals surface area contributed by atoms with Crippen molar-refractivity contribution in [2.75, 3.05) is 18.5 Å². The van der Waals surface area contributed by atoms with Crippen LogP contribution in [0.4, 0.5) is 5.82 Å². The van der Waals surface area contributed by atoms with E-state index in [2.05, 4.69) is 15.4 Å². The fourth-order valence-corrected chi connectivity index (χ4v) is 2.41. The zero-order chi connectivity index (χ0) is 11.5. The highest BCUT2D eigenvalue weighted by atomic mass is 15.4. The Hall–Kier alpha value is -1.07. The van der Waals surface area contributed by atoms with E-state index in [0.29, 0.717) is 0 Å². The zero-order valence-corrected chi connectivity index (χ0v) is 10.2. The molecule has 2 heterocycles. The topological polar surface area (TPSA) is 59.1 Å². The lowest BCUT2D eigenvalue weighted by atomic mass is 10.1. The monoisotopic (exact) mass is 223 g/mol. The summed E-state index contributed by atoms with van der Waals surface area (Å²) in [6.07, 6.45) is 3.99. The number of hydrazine groups is 1. The van der Waals surface area contributed by atoms with Crippen LogP contribution < -0.4 is 11.3 Å². The van der Waals surface area contributed by atoms with Crippen LogP contribution >= 0.6 is 0 Å². The Bertz CT molecular complexity index is 352. The summed E-state index contributed by atoms with van der Waals surface area (Å²) >= 11 is 0. The van der Waals surface area contributed by atoms with Crippen LogP contribution in [0.25, 0.3) is 0 Å². The standard InChI is InChI=1S/C11H21N5/c1-9-10(11(13-12)15(2)14-9)8-16-6-4-3-5-7-16/h13H,3-8,12H2,1-2H3. The number of anilines is 1. The third-order valence-corrected chi connectivity index (χ3v) is 3.31. The van der Waals surface area contributed by atoms with Gasteiger partial charge in [0.2, 0.25) is 0 Å². The molecule has 0 amide bonds. The maximum absolute atomic E-state index is 5.54. The zero-order valence-electron chi connectivity index (χ0n) is 10.2. The van der Waals surface area contributed by atoms with Gasteiger partial charge in [-0.2, -0.15) is 5.10 Å². The first-order chi connectivity index (χ1) is 7.72. The molecule has 1 fully saturated rings. The quantitative estimate of drug-likeness (QED) is 0.593. The molecule has 1 aromatic heterocycles. The second kappa shape index (κ2) is 4.84. The van der Waals surface area contributed by atoms with Crippen LogP contribution in [0.3, 0.4) is 0 Å². The van der Waals surface area contributed by atoms with Crippen LogP contribution in [-0.2, 0) is 13.6 Å². The lowest BCUT2D eigenvalue weighted by Gasteiger charge is -2.26. The van der Waals surface area contributed by atoms with Gasteiger partial charge in [0.1, 0.15) is 5.82 Å². The number of rotatable bonds is 3. The van der Waals surface area contributed by atoms with Crippen molar-refractivity contribution in [3.05, 3.63) is 11.3 Å². The smallest absolute Gasteiger partial charge is 0.142 e. The third kappa shape index (κ3) is 2.20. The highest BCUT2D eigenvalue weighted by Crippen LogP contribution is 2.21. The summed E-state index contributed by atoms with van der Waals surface area (Å²) < 4.78 is 1.81. The average molecular weight is 223 g/mol. The highest BCUT2D eigenvalue weighted by molar-refractivity contribution is 5.46. The normalized spacial score (nSPS) is 17.7. The van der Waals surface area contributed by atoms with Gasteiger partial charge in [0.25, 0.3) is 0 Å². The van der Waals surface area contributed by atoms with Crippen molar-refractivity contribution in [3.8, 4) is 0 Å². The summed E-state index contributed by atoms with van der Waals surface area (Å²) in [5.74, 6) is 6.47. The molecule has 0 saturated carbocycles. The Kier molecular flexibility index (Phi) is 3.46. The first-order valence-electron chi connectivity index (χ1n) is 5.94. The Balaban J connectivity index is 2.13. The van der Waals surface area contributed by atoms with Crippen LogP contribution in [-0.4, -0.2) is 27.8 Å². The largest absolute Gasteiger partial charge is 0.308 e. The summed E-state index contributed by atoms with van der Waals surface area (Å²) in [6, 6.07) is 0. The number of nitrogens with one attached hydrogen (secondary N) is 1. The van der Waals surface area contributed by atoms with E-state index in [-0.39, 0.29) is 0 Å². The SMILES string of the molecule is Cc1nn(C)c(NN)c1CN1CCCCC1. The molecule has 1 aliphatic rings. The van der Waals surface area contributed by atoms with Crippen molar-refractivity contribution < 1.29 is 0 Å². The number of nitrogen functional groups attached to an aromatic ring is 1. The van der Waals surface area contributed by atoms with Gasteiger partial charge in [-0.05, 0) is 32.9 Å². The van der Waals surface area contributed by atoms with Crippen LogP contribution in [0.2, 0.25) is 0 Å². The van der Waals surface area contributed by atoms with E-state index >= 15 is 0 Å². The maximum Gasteiger partial charge on any atom is 0.142 e. The summed E-state index contributed by atoms with van der Waals surface area (Å²) in [5.41, 5.74) is 5.05. The van der Waals surface area contributed by atoms with Gasteiger partial charge < -0.3 is 5.43 Å². The van der Waals surface area contributed by atoms with Crippen molar-refractivity contribution in [2.24, 2.45) is 12.9 Å². The number of likely N-dealkylation sites (tertiary alicyclic amines) is 1. The molecular weight excluding hydrogens is 202 g/mol. The Morgan fingerprint density at radius 2 is 2.00 bits per heavy atom. The minimum Gasteiger partial charge on any atom is -0.308 e. The second-order valence-electron chi connectivity index (χ2n) is 4.52. The predicted octanol–water partition coefficient (Wildman–Crippen LogP) is 1.00. The van der Waals surface area contributed by atoms with E-state index in [1.165, 1.54) is 37.9 Å². The Morgan fingerprint density at radius 1 is 1.31 bits per heavy atom. The van der Waals surface area contributed by atoms with Gasteiger partial charge in [-0.25, -0.2) is 5.84 Å². The van der Waals surface area contributed by atoms with Crippen molar-refractivity contribution >= 4 is 5.82 Å². The van der Waals surface area contributed by atoms with Crippen LogP contribution in [0, 0.1) is 6.92 Å². The van der Waals surface area contributed by atoms with Crippen molar-refractivity contribution in [1.82, 2.24) is 14.7 Å². The average Bonchev–Trinajstić information content (AvgIpc) is 2.55. The molecule has 0 atom stereocenters. The lowest BCUT2D eigenvalue weighted by molar-refractivity contribution is 0.221. The molecule has 2 rings (SSSR count). The molecule has 0 bridgehead atoms. The third-order valence-electron chi connectivity index (χ3n) is 3.31. The molecular formula is C11H21N5. The van der Waals surface area contributed by atoms with Gasteiger partial charge in [0.15, 0.2) is 0 Å². The second-order valence-corrected chi connectivity index (χ2v) is 4.52. The van der Waals surface area contributed by atoms with E-state index in [9.17, 15) is 0 Å². The number of nitrogens with zero attached hydrogens (tertiary/aromatic N) is 3. The highest BCUT2D eigenvalue weighted by Gasteiger charge is 2.17. The molecule has 1 aliphatic heterocycles. The molecule has 16 heavy (non-hydrogen) atoms. The van der Waals surface area contributed by atoms with E-state index in [0.717, 1.165) is 18.1 Å². The summed E-state index contributed by atoms with van der Waals surface area (Å²) in [7, 11) is 1.92. The van der Waals surface area contributed by atoms with Crippen LogP contribution in [0.5, 0.6) is 0 Å². The molecule has 0 aromatic carbocycles. The van der Waals surface area contributed by atoms with Gasteiger partial charge in [0, 0.05) is 19.2 Å². The minimum atomic E-state index is 0.933. The lowest BCUT2D eigenvalue weighted by Crippen LogP contribution is -2.29. The fraction of sp³-hybridized carbons (Fsp3) is 0.727. The number of hydrogen-bond acceptors (Lipinski definition) is 4. The molecule has 0 spiro atoms. The van der Waals surface area contributed by atoms with Gasteiger partial charge in [-0.3, -0.25) is 9.58 Å². The van der Waals surface area contributed by atoms with Gasteiger partial charge in [-0.15, -0.1) is 0 Å². The molecule has 0 radical (unpaired) electrons. The first-order valence-corrected chi connectivity index (χ1v) is 5.94. The van der Waals surface area contributed by atoms with E-state index in [1.807, 2.05) is 18.7 Å². The molecule has 5 nitrogen and oxygen atoms in total. The molecule has 0 aliphatic carbocycles. The maximum atomic E-state index is 5.54. The van der Waals surface area contributed by atoms with Crippen molar-refractivity contribution in [3.63, 3.8) is 0 Å². The van der Waals surface area contributed by atoms with Gasteiger partial charge in [0.05, 0.1) is 5.69 Å². The van der Waals surface area contributed by atoms with Crippen LogP contribution in [0.1, 0.15) is 30.5 Å².